The summed E-state index contributed by atoms with van der Waals surface area (Å²) in [5, 5.41) is 8.78. The van der Waals surface area contributed by atoms with Crippen LogP contribution in [0.4, 0.5) is 5.69 Å². The van der Waals surface area contributed by atoms with Gasteiger partial charge in [-0.05, 0) is 36.5 Å². The van der Waals surface area contributed by atoms with Crippen molar-refractivity contribution in [2.45, 2.75) is 0 Å². The maximum Gasteiger partial charge on any atom is 0.203 e. The standard InChI is InChI=1S/C22H21N4O3PS2/c1-27-17-10-14(11-18(28-2)19(17)29-3)20(30)25-21(31)23-15-6-4-5-13(9-15)16-12-26-7-8-32-22(26)24-16/h4-12,30H,1-3H3,(H2,23,25,31). The zero-order valence-electron chi connectivity index (χ0n) is 17.6. The molecule has 2 aromatic carbocycles. The van der Waals surface area contributed by atoms with Gasteiger partial charge in [-0.25, -0.2) is 4.98 Å². The Morgan fingerprint density at radius 1 is 1.09 bits per heavy atom. The number of anilines is 1. The van der Waals surface area contributed by atoms with E-state index in [-0.39, 0.29) is 0 Å². The topological polar surface area (TPSA) is 69.1 Å². The molecule has 0 amide bonds. The molecule has 0 saturated heterocycles. The lowest BCUT2D eigenvalue weighted by molar-refractivity contribution is 0.324. The van der Waals surface area contributed by atoms with E-state index in [9.17, 15) is 0 Å². The second-order valence-corrected chi connectivity index (χ2v) is 8.45. The molecule has 0 atom stereocenters. The van der Waals surface area contributed by atoms with E-state index in [0.29, 0.717) is 27.8 Å². The number of thiazole rings is 1. The molecule has 0 saturated carbocycles. The van der Waals surface area contributed by atoms with Gasteiger partial charge in [0, 0.05) is 34.6 Å². The maximum atomic E-state index is 5.50. The number of methoxy groups -OCH3 is 3. The number of nitrogens with one attached hydrogen (secondary N) is 2. The van der Waals surface area contributed by atoms with Crippen LogP contribution in [-0.2, 0) is 0 Å². The van der Waals surface area contributed by atoms with Gasteiger partial charge in [-0.3, -0.25) is 4.40 Å². The van der Waals surface area contributed by atoms with Crippen LogP contribution in [0.1, 0.15) is 5.56 Å². The predicted molar refractivity (Wildman–Crippen MR) is 136 cm³/mol. The van der Waals surface area contributed by atoms with E-state index in [4.69, 9.17) is 26.4 Å². The third kappa shape index (κ3) is 4.55. The van der Waals surface area contributed by atoms with E-state index < -0.39 is 0 Å². The second-order valence-electron chi connectivity index (χ2n) is 6.67. The van der Waals surface area contributed by atoms with Gasteiger partial charge < -0.3 is 24.8 Å². The van der Waals surface area contributed by atoms with Gasteiger partial charge in [-0.2, -0.15) is 0 Å². The summed E-state index contributed by atoms with van der Waals surface area (Å²) in [4.78, 5) is 5.61. The number of fused-ring (bicyclic) bond motifs is 1. The van der Waals surface area contributed by atoms with E-state index in [1.54, 1.807) is 32.7 Å². The average molecular weight is 485 g/mol. The Morgan fingerprint density at radius 3 is 2.50 bits per heavy atom. The summed E-state index contributed by atoms with van der Waals surface area (Å²) in [5.41, 5.74) is 4.19. The highest BCUT2D eigenvalue weighted by molar-refractivity contribution is 7.80. The summed E-state index contributed by atoms with van der Waals surface area (Å²) in [5.74, 6) is 1.62. The molecule has 0 spiro atoms. The lowest BCUT2D eigenvalue weighted by Crippen LogP contribution is -2.33. The van der Waals surface area contributed by atoms with E-state index in [1.165, 1.54) is 0 Å². The summed E-state index contributed by atoms with van der Waals surface area (Å²) in [6.45, 7) is 0. The van der Waals surface area contributed by atoms with Gasteiger partial charge in [0.25, 0.3) is 0 Å². The van der Waals surface area contributed by atoms with Crippen LogP contribution in [0.25, 0.3) is 16.2 Å². The maximum absolute atomic E-state index is 5.50. The fraction of sp³-hybridized carbons (Fsp3) is 0.136. The minimum absolute atomic E-state index is 0.423. The van der Waals surface area contributed by atoms with Crippen molar-refractivity contribution in [2.75, 3.05) is 26.6 Å². The number of hydrogen-bond acceptors (Lipinski definition) is 6. The molecule has 2 aromatic heterocycles. The van der Waals surface area contributed by atoms with Crippen LogP contribution >= 0.6 is 32.4 Å². The Labute approximate surface area is 197 Å². The molecular formula is C22H21N4O3PS2. The molecule has 2 heterocycles. The highest BCUT2D eigenvalue weighted by atomic mass is 32.1. The third-order valence-corrected chi connectivity index (χ3v) is 6.09. The largest absolute Gasteiger partial charge is 0.493 e. The molecule has 0 fully saturated rings. The monoisotopic (exact) mass is 484 g/mol. The molecule has 0 aliphatic heterocycles. The molecule has 0 aliphatic rings. The minimum atomic E-state index is 0.423. The minimum Gasteiger partial charge on any atom is -0.493 e. The number of rotatable bonds is 7. The lowest BCUT2D eigenvalue weighted by Gasteiger charge is -2.16. The molecule has 4 rings (SSSR count). The van der Waals surface area contributed by atoms with Gasteiger partial charge in [0.2, 0.25) is 5.75 Å². The van der Waals surface area contributed by atoms with Crippen LogP contribution in [0.2, 0.25) is 0 Å². The molecule has 0 unspecified atom stereocenters. The highest BCUT2D eigenvalue weighted by Gasteiger charge is 2.15. The van der Waals surface area contributed by atoms with Gasteiger partial charge >= 0.3 is 0 Å². The number of thiocarbonyl (C=S) groups is 1. The third-order valence-electron chi connectivity index (χ3n) is 4.70. The van der Waals surface area contributed by atoms with Crippen molar-refractivity contribution in [1.82, 2.24) is 14.7 Å². The van der Waals surface area contributed by atoms with Gasteiger partial charge in [0.15, 0.2) is 21.6 Å². The van der Waals surface area contributed by atoms with E-state index >= 15 is 0 Å². The number of benzene rings is 2. The van der Waals surface area contributed by atoms with Gasteiger partial charge in [-0.1, -0.05) is 21.0 Å². The van der Waals surface area contributed by atoms with E-state index in [2.05, 4.69) is 24.5 Å². The summed E-state index contributed by atoms with van der Waals surface area (Å²) in [7, 11) is 8.33. The van der Waals surface area contributed by atoms with Crippen molar-refractivity contribution in [2.24, 2.45) is 0 Å². The Hall–Kier alpha value is -3.13. The van der Waals surface area contributed by atoms with E-state index in [1.807, 2.05) is 58.6 Å². The normalized spacial score (nSPS) is 10.6. The first-order valence-corrected chi connectivity index (χ1v) is 11.3. The molecule has 10 heteroatoms. The van der Waals surface area contributed by atoms with Crippen molar-refractivity contribution in [3.05, 3.63) is 59.7 Å². The van der Waals surface area contributed by atoms with Crippen LogP contribution in [0.15, 0.2) is 54.2 Å². The number of aromatic nitrogens is 2. The fourth-order valence-electron chi connectivity index (χ4n) is 3.20. The van der Waals surface area contributed by atoms with Crippen molar-refractivity contribution in [1.29, 1.82) is 0 Å². The number of ether oxygens (including phenoxy) is 3. The molecule has 0 aliphatic carbocycles. The molecule has 0 bridgehead atoms. The van der Waals surface area contributed by atoms with E-state index in [0.717, 1.165) is 27.5 Å². The molecule has 7 nitrogen and oxygen atoms in total. The molecule has 164 valence electrons. The van der Waals surface area contributed by atoms with Crippen LogP contribution in [0.5, 0.6) is 17.2 Å². The van der Waals surface area contributed by atoms with Crippen molar-refractivity contribution in [3.8, 4) is 28.5 Å². The van der Waals surface area contributed by atoms with Crippen LogP contribution < -0.4 is 24.8 Å². The van der Waals surface area contributed by atoms with Crippen LogP contribution in [-0.4, -0.2) is 41.2 Å². The smallest absolute Gasteiger partial charge is 0.203 e. The predicted octanol–water partition coefficient (Wildman–Crippen LogP) is 4.70. The quantitative estimate of drug-likeness (QED) is 0.291. The summed E-state index contributed by atoms with van der Waals surface area (Å²) >= 11 is 7.10. The first-order valence-electron chi connectivity index (χ1n) is 9.52. The Balaban J connectivity index is 1.48. The molecular weight excluding hydrogens is 463 g/mol. The lowest BCUT2D eigenvalue weighted by atomic mass is 10.1. The zero-order valence-corrected chi connectivity index (χ0v) is 20.3. The molecule has 4 aromatic rings. The van der Waals surface area contributed by atoms with Gasteiger partial charge in [-0.15, -0.1) is 11.3 Å². The first kappa shape index (κ1) is 22.1. The molecule has 0 radical (unpaired) electrons. The summed E-state index contributed by atoms with van der Waals surface area (Å²) in [6, 6.07) is 11.6. The van der Waals surface area contributed by atoms with Gasteiger partial charge in [0.1, 0.15) is 0 Å². The summed E-state index contributed by atoms with van der Waals surface area (Å²) < 4.78 is 18.2. The van der Waals surface area contributed by atoms with Crippen molar-refractivity contribution in [3.63, 3.8) is 0 Å². The zero-order chi connectivity index (χ0) is 22.7. The van der Waals surface area contributed by atoms with Crippen LogP contribution in [0, 0.1) is 0 Å². The number of nitrogens with zero attached hydrogens (tertiary/aromatic N) is 2. The van der Waals surface area contributed by atoms with Crippen molar-refractivity contribution >= 4 is 53.6 Å². The average Bonchev–Trinajstić information content (AvgIpc) is 3.40. The Morgan fingerprint density at radius 2 is 1.84 bits per heavy atom. The van der Waals surface area contributed by atoms with Gasteiger partial charge in [0.05, 0.1) is 32.4 Å². The number of hydrogen-bond donors (Lipinski definition) is 2. The Bertz CT molecular complexity index is 1250. The van der Waals surface area contributed by atoms with Crippen LogP contribution in [0.3, 0.4) is 0 Å². The first-order chi connectivity index (χ1) is 15.5. The van der Waals surface area contributed by atoms with Crippen molar-refractivity contribution < 1.29 is 14.2 Å². The molecule has 32 heavy (non-hydrogen) atoms. The summed E-state index contributed by atoms with van der Waals surface area (Å²) in [6.07, 6.45) is 4.00. The fourth-order valence-corrected chi connectivity index (χ4v) is 4.48. The Kier molecular flexibility index (Phi) is 6.60. The second kappa shape index (κ2) is 9.56. The highest BCUT2D eigenvalue weighted by Crippen LogP contribution is 2.38. The SMILES string of the molecule is COc1cc(C(=P)NC(=S)Nc2cccc(-c3cn4ccsc4n3)c2)cc(OC)c1OC. The number of imidazole rings is 1. The molecule has 2 N–H and O–H groups in total.